The number of carboxylic acids is 1. The molecule has 0 saturated heterocycles. The largest absolute Gasteiger partial charge is 0.481 e. The number of esters is 1. The smallest absolute Gasteiger partial charge is 0.366 e. The molecule has 0 radical (unpaired) electrons. The van der Waals surface area contributed by atoms with Crippen molar-refractivity contribution in [1.82, 2.24) is 0 Å². The molecular weight excluding hydrogens is 288 g/mol. The average Bonchev–Trinajstić information content (AvgIpc) is 2.47. The van der Waals surface area contributed by atoms with Crippen molar-refractivity contribution in [3.05, 3.63) is 0 Å². The van der Waals surface area contributed by atoms with Gasteiger partial charge in [-0.15, -0.1) is 0 Å². The fourth-order valence-electron chi connectivity index (χ4n) is 1.88. The SMILES string of the molecule is CCCCOC(CCCC(=O)O)(OCCCC)C(=O)OCC. The number of aliphatic carboxylic acids is 1. The Balaban J connectivity index is 4.91. The number of rotatable bonds is 14. The van der Waals surface area contributed by atoms with Gasteiger partial charge in [0.05, 0.1) is 19.8 Å². The lowest BCUT2D eigenvalue weighted by Gasteiger charge is -2.31. The first-order valence-electron chi connectivity index (χ1n) is 8.19. The molecule has 0 spiro atoms. The molecule has 0 aromatic carbocycles. The van der Waals surface area contributed by atoms with Crippen LogP contribution in [0.1, 0.15) is 65.7 Å². The van der Waals surface area contributed by atoms with Gasteiger partial charge in [-0.3, -0.25) is 4.79 Å². The summed E-state index contributed by atoms with van der Waals surface area (Å²) in [7, 11) is 0. The van der Waals surface area contributed by atoms with Gasteiger partial charge >= 0.3 is 11.9 Å². The summed E-state index contributed by atoms with van der Waals surface area (Å²) >= 11 is 0. The molecule has 0 atom stereocenters. The lowest BCUT2D eigenvalue weighted by molar-refractivity contribution is -0.252. The number of carbonyl (C=O) groups excluding carboxylic acids is 1. The minimum absolute atomic E-state index is 0.0323. The van der Waals surface area contributed by atoms with Crippen LogP contribution in [0.5, 0.6) is 0 Å². The molecule has 130 valence electrons. The van der Waals surface area contributed by atoms with Gasteiger partial charge in [0.15, 0.2) is 0 Å². The fraction of sp³-hybridized carbons (Fsp3) is 0.875. The van der Waals surface area contributed by atoms with Crippen molar-refractivity contribution in [3.63, 3.8) is 0 Å². The van der Waals surface area contributed by atoms with Crippen LogP contribution < -0.4 is 0 Å². The summed E-state index contributed by atoms with van der Waals surface area (Å²) in [5.74, 6) is -2.94. The van der Waals surface area contributed by atoms with E-state index in [1.54, 1.807) is 6.92 Å². The number of carbonyl (C=O) groups is 2. The minimum Gasteiger partial charge on any atom is -0.481 e. The van der Waals surface area contributed by atoms with E-state index in [0.717, 1.165) is 25.7 Å². The third-order valence-electron chi connectivity index (χ3n) is 3.15. The summed E-state index contributed by atoms with van der Waals surface area (Å²) in [6.07, 6.45) is 3.92. The Morgan fingerprint density at radius 1 is 0.955 bits per heavy atom. The maximum Gasteiger partial charge on any atom is 0.366 e. The van der Waals surface area contributed by atoms with Crippen LogP contribution in [-0.4, -0.2) is 42.7 Å². The summed E-state index contributed by atoms with van der Waals surface area (Å²) < 4.78 is 16.5. The molecule has 0 heterocycles. The summed E-state index contributed by atoms with van der Waals surface area (Å²) in [6, 6.07) is 0. The van der Waals surface area contributed by atoms with Crippen molar-refractivity contribution in [2.24, 2.45) is 0 Å². The highest BCUT2D eigenvalue weighted by molar-refractivity contribution is 5.78. The first-order valence-corrected chi connectivity index (χ1v) is 8.19. The summed E-state index contributed by atoms with van der Waals surface area (Å²) in [6.45, 7) is 6.77. The third kappa shape index (κ3) is 8.34. The molecule has 0 saturated carbocycles. The van der Waals surface area contributed by atoms with Gasteiger partial charge in [0, 0.05) is 12.8 Å². The maximum absolute atomic E-state index is 12.3. The van der Waals surface area contributed by atoms with Crippen molar-refractivity contribution in [2.45, 2.75) is 71.5 Å². The van der Waals surface area contributed by atoms with E-state index in [0.29, 0.717) is 19.6 Å². The van der Waals surface area contributed by atoms with E-state index in [2.05, 4.69) is 0 Å². The monoisotopic (exact) mass is 318 g/mol. The predicted octanol–water partition coefficient (Wildman–Crippen LogP) is 3.13. The molecule has 0 aromatic rings. The number of carboxylic acid groups (broad SMARTS) is 1. The zero-order valence-corrected chi connectivity index (χ0v) is 14.1. The van der Waals surface area contributed by atoms with Crippen LogP contribution in [0.15, 0.2) is 0 Å². The lowest BCUT2D eigenvalue weighted by Crippen LogP contribution is -2.46. The highest BCUT2D eigenvalue weighted by atomic mass is 16.7. The van der Waals surface area contributed by atoms with Gasteiger partial charge in [-0.25, -0.2) is 4.79 Å². The van der Waals surface area contributed by atoms with Gasteiger partial charge in [0.1, 0.15) is 0 Å². The van der Waals surface area contributed by atoms with E-state index < -0.39 is 17.7 Å². The van der Waals surface area contributed by atoms with Crippen molar-refractivity contribution >= 4 is 11.9 Å². The Labute approximate surface area is 133 Å². The van der Waals surface area contributed by atoms with Crippen LogP contribution in [0.2, 0.25) is 0 Å². The van der Waals surface area contributed by atoms with E-state index >= 15 is 0 Å². The predicted molar refractivity (Wildman–Crippen MR) is 82.6 cm³/mol. The van der Waals surface area contributed by atoms with Gasteiger partial charge < -0.3 is 19.3 Å². The molecule has 0 aliphatic rings. The van der Waals surface area contributed by atoms with Crippen LogP contribution in [0.25, 0.3) is 0 Å². The first-order chi connectivity index (χ1) is 10.5. The van der Waals surface area contributed by atoms with Gasteiger partial charge in [0.2, 0.25) is 0 Å². The van der Waals surface area contributed by atoms with Gasteiger partial charge in [-0.05, 0) is 26.2 Å². The minimum atomic E-state index is -1.48. The molecule has 6 heteroatoms. The van der Waals surface area contributed by atoms with Crippen LogP contribution in [0, 0.1) is 0 Å². The molecule has 0 unspecified atom stereocenters. The average molecular weight is 318 g/mol. The Morgan fingerprint density at radius 3 is 1.91 bits per heavy atom. The molecule has 1 N–H and O–H groups in total. The molecule has 0 amide bonds. The maximum atomic E-state index is 12.3. The molecule has 0 bridgehead atoms. The van der Waals surface area contributed by atoms with E-state index in [1.165, 1.54) is 0 Å². The fourth-order valence-corrected chi connectivity index (χ4v) is 1.88. The van der Waals surface area contributed by atoms with Crippen molar-refractivity contribution in [1.29, 1.82) is 0 Å². The molecular formula is C16H30O6. The molecule has 0 aliphatic heterocycles. The topological polar surface area (TPSA) is 82.1 Å². The van der Waals surface area contributed by atoms with Crippen LogP contribution in [0.3, 0.4) is 0 Å². The van der Waals surface area contributed by atoms with E-state index in [9.17, 15) is 9.59 Å². The Hall–Kier alpha value is -1.14. The quantitative estimate of drug-likeness (QED) is 0.301. The zero-order valence-electron chi connectivity index (χ0n) is 14.1. The summed E-state index contributed by atoms with van der Waals surface area (Å²) in [5.41, 5.74) is 0. The zero-order chi connectivity index (χ0) is 16.8. The summed E-state index contributed by atoms with van der Waals surface area (Å²) in [4.78, 5) is 23.0. The highest BCUT2D eigenvalue weighted by Crippen LogP contribution is 2.24. The van der Waals surface area contributed by atoms with Crippen molar-refractivity contribution < 1.29 is 28.9 Å². The Morgan fingerprint density at radius 2 is 1.50 bits per heavy atom. The standard InChI is InChI=1S/C16H30O6/c1-4-7-12-21-16(15(19)20-6-3,22-13-8-5-2)11-9-10-14(17)18/h4-13H2,1-3H3,(H,17,18). The van der Waals surface area contributed by atoms with E-state index in [-0.39, 0.29) is 19.4 Å². The van der Waals surface area contributed by atoms with Crippen LogP contribution in [0.4, 0.5) is 0 Å². The number of unbranched alkanes of at least 4 members (excludes halogenated alkanes) is 2. The summed E-state index contributed by atoms with van der Waals surface area (Å²) in [5, 5.41) is 8.78. The van der Waals surface area contributed by atoms with Crippen molar-refractivity contribution in [2.75, 3.05) is 19.8 Å². The lowest BCUT2D eigenvalue weighted by atomic mass is 10.1. The second-order valence-corrected chi connectivity index (χ2v) is 5.12. The number of ether oxygens (including phenoxy) is 3. The third-order valence-corrected chi connectivity index (χ3v) is 3.15. The van der Waals surface area contributed by atoms with E-state index in [1.807, 2.05) is 13.8 Å². The van der Waals surface area contributed by atoms with E-state index in [4.69, 9.17) is 19.3 Å². The molecule has 0 rings (SSSR count). The van der Waals surface area contributed by atoms with Gasteiger partial charge in [-0.1, -0.05) is 26.7 Å². The van der Waals surface area contributed by atoms with Gasteiger partial charge in [0.25, 0.3) is 5.79 Å². The van der Waals surface area contributed by atoms with Gasteiger partial charge in [-0.2, -0.15) is 0 Å². The molecule has 22 heavy (non-hydrogen) atoms. The van der Waals surface area contributed by atoms with Crippen molar-refractivity contribution in [3.8, 4) is 0 Å². The molecule has 6 nitrogen and oxygen atoms in total. The molecule has 0 aromatic heterocycles. The first kappa shape index (κ1) is 20.9. The molecule has 0 fully saturated rings. The Bertz CT molecular complexity index is 306. The highest BCUT2D eigenvalue weighted by Gasteiger charge is 2.42. The van der Waals surface area contributed by atoms with Crippen LogP contribution >= 0.6 is 0 Å². The second-order valence-electron chi connectivity index (χ2n) is 5.12. The Kier molecular flexibility index (Phi) is 11.8. The molecule has 0 aliphatic carbocycles. The number of hydrogen-bond donors (Lipinski definition) is 1. The van der Waals surface area contributed by atoms with Crippen LogP contribution in [-0.2, 0) is 23.8 Å². The second kappa shape index (κ2) is 12.4. The normalized spacial score (nSPS) is 11.4. The number of hydrogen-bond acceptors (Lipinski definition) is 5.